The molecule has 2 nitrogen and oxygen atoms in total. The van der Waals surface area contributed by atoms with E-state index >= 15 is 0 Å². The van der Waals surface area contributed by atoms with Gasteiger partial charge in [-0.2, -0.15) is 0 Å². The second kappa shape index (κ2) is 3.74. The van der Waals surface area contributed by atoms with E-state index in [4.69, 9.17) is 11.6 Å². The standard InChI is InChI=1S/C15H16ClNO/c16-10-2-1-3-11(7-10)17-15(18)14-12-8-4-5-9(6-8)13(12)14/h1-3,7-9,12-14H,4-6H2,(H,17,18)/t8-,9-,12+,13+/m0/s1. The van der Waals surface area contributed by atoms with E-state index in [9.17, 15) is 4.79 Å². The van der Waals surface area contributed by atoms with E-state index in [-0.39, 0.29) is 11.8 Å². The van der Waals surface area contributed by atoms with Crippen molar-refractivity contribution < 1.29 is 4.79 Å². The maximum atomic E-state index is 12.3. The summed E-state index contributed by atoms with van der Waals surface area (Å²) in [6, 6.07) is 7.40. The molecule has 1 N–H and O–H groups in total. The van der Waals surface area contributed by atoms with Gasteiger partial charge >= 0.3 is 0 Å². The summed E-state index contributed by atoms with van der Waals surface area (Å²) in [5.41, 5.74) is 0.824. The van der Waals surface area contributed by atoms with Crippen molar-refractivity contribution in [3.8, 4) is 0 Å². The highest BCUT2D eigenvalue weighted by atomic mass is 35.5. The number of rotatable bonds is 2. The van der Waals surface area contributed by atoms with E-state index in [0.717, 1.165) is 17.5 Å². The van der Waals surface area contributed by atoms with Gasteiger partial charge in [0.15, 0.2) is 0 Å². The Morgan fingerprint density at radius 2 is 1.94 bits per heavy atom. The highest BCUT2D eigenvalue weighted by Gasteiger charge is 2.67. The molecule has 0 saturated heterocycles. The number of carbonyl (C=O) groups excluding carboxylic acids is 1. The summed E-state index contributed by atoms with van der Waals surface area (Å²) in [6.45, 7) is 0. The van der Waals surface area contributed by atoms with Crippen LogP contribution in [-0.2, 0) is 4.79 Å². The van der Waals surface area contributed by atoms with E-state index in [1.165, 1.54) is 19.3 Å². The molecule has 1 aromatic rings. The monoisotopic (exact) mass is 261 g/mol. The van der Waals surface area contributed by atoms with Crippen LogP contribution in [0.25, 0.3) is 0 Å². The molecule has 3 aliphatic rings. The van der Waals surface area contributed by atoms with Crippen molar-refractivity contribution >= 4 is 23.2 Å². The molecule has 4 rings (SSSR count). The van der Waals surface area contributed by atoms with Crippen LogP contribution in [0.3, 0.4) is 0 Å². The van der Waals surface area contributed by atoms with Gasteiger partial charge in [0.25, 0.3) is 0 Å². The molecule has 1 amide bonds. The van der Waals surface area contributed by atoms with E-state index in [0.29, 0.717) is 16.9 Å². The first-order valence-corrected chi connectivity index (χ1v) is 7.18. The quantitative estimate of drug-likeness (QED) is 0.866. The van der Waals surface area contributed by atoms with Crippen LogP contribution < -0.4 is 5.32 Å². The van der Waals surface area contributed by atoms with Crippen molar-refractivity contribution in [3.63, 3.8) is 0 Å². The lowest BCUT2D eigenvalue weighted by atomic mass is 10.0. The number of anilines is 1. The molecular formula is C15H16ClNO. The number of fused-ring (bicyclic) bond motifs is 5. The highest BCUT2D eigenvalue weighted by molar-refractivity contribution is 6.30. The molecule has 0 unspecified atom stereocenters. The summed E-state index contributed by atoms with van der Waals surface area (Å²) in [6.07, 6.45) is 4.09. The highest BCUT2D eigenvalue weighted by Crippen LogP contribution is 2.69. The Hall–Kier alpha value is -1.02. The number of nitrogens with one attached hydrogen (secondary N) is 1. The summed E-state index contributed by atoms with van der Waals surface area (Å²) in [7, 11) is 0. The van der Waals surface area contributed by atoms with E-state index in [1.807, 2.05) is 24.3 Å². The fraction of sp³-hybridized carbons (Fsp3) is 0.533. The number of carbonyl (C=O) groups is 1. The molecule has 3 heteroatoms. The predicted molar refractivity (Wildman–Crippen MR) is 71.4 cm³/mol. The molecule has 0 heterocycles. The Labute approximate surface area is 112 Å². The lowest BCUT2D eigenvalue weighted by Gasteiger charge is -2.09. The zero-order valence-corrected chi connectivity index (χ0v) is 10.9. The Bertz CT molecular complexity index is 499. The van der Waals surface area contributed by atoms with Crippen LogP contribution in [0.4, 0.5) is 5.69 Å². The third-order valence-corrected chi connectivity index (χ3v) is 5.37. The van der Waals surface area contributed by atoms with E-state index in [1.54, 1.807) is 0 Å². The largest absolute Gasteiger partial charge is 0.326 e. The van der Waals surface area contributed by atoms with Gasteiger partial charge in [0.2, 0.25) is 5.91 Å². The number of halogens is 1. The van der Waals surface area contributed by atoms with E-state index in [2.05, 4.69) is 5.32 Å². The van der Waals surface area contributed by atoms with Crippen LogP contribution in [0, 0.1) is 29.6 Å². The van der Waals surface area contributed by atoms with Crippen molar-refractivity contribution in [2.24, 2.45) is 29.6 Å². The van der Waals surface area contributed by atoms with Gasteiger partial charge in [-0.3, -0.25) is 4.79 Å². The van der Waals surface area contributed by atoms with Crippen LogP contribution in [-0.4, -0.2) is 5.91 Å². The zero-order chi connectivity index (χ0) is 12.3. The predicted octanol–water partition coefficient (Wildman–Crippen LogP) is 3.57. The van der Waals surface area contributed by atoms with E-state index < -0.39 is 0 Å². The lowest BCUT2D eigenvalue weighted by Crippen LogP contribution is -2.18. The second-order valence-corrected chi connectivity index (χ2v) is 6.45. The molecule has 0 spiro atoms. The zero-order valence-electron chi connectivity index (χ0n) is 10.1. The third-order valence-electron chi connectivity index (χ3n) is 5.13. The first kappa shape index (κ1) is 10.9. The average molecular weight is 262 g/mol. The van der Waals surface area contributed by atoms with Gasteiger partial charge in [0, 0.05) is 16.6 Å². The van der Waals surface area contributed by atoms with Crippen molar-refractivity contribution in [3.05, 3.63) is 29.3 Å². The van der Waals surface area contributed by atoms with Crippen molar-refractivity contribution in [1.82, 2.24) is 0 Å². The summed E-state index contributed by atoms with van der Waals surface area (Å²) in [5, 5.41) is 3.69. The maximum Gasteiger partial charge on any atom is 0.228 e. The van der Waals surface area contributed by atoms with Gasteiger partial charge in [0.1, 0.15) is 0 Å². The van der Waals surface area contributed by atoms with Gasteiger partial charge in [-0.1, -0.05) is 17.7 Å². The Morgan fingerprint density at radius 3 is 2.61 bits per heavy atom. The van der Waals surface area contributed by atoms with Crippen LogP contribution in [0.15, 0.2) is 24.3 Å². The molecule has 3 aliphatic carbocycles. The van der Waals surface area contributed by atoms with Gasteiger partial charge < -0.3 is 5.32 Å². The van der Waals surface area contributed by atoms with Gasteiger partial charge in [-0.15, -0.1) is 0 Å². The first-order chi connectivity index (χ1) is 8.74. The molecule has 2 bridgehead atoms. The molecule has 3 fully saturated rings. The van der Waals surface area contributed by atoms with Crippen LogP contribution in [0.1, 0.15) is 19.3 Å². The Kier molecular flexibility index (Phi) is 2.25. The van der Waals surface area contributed by atoms with Crippen molar-refractivity contribution in [2.45, 2.75) is 19.3 Å². The number of amides is 1. The Morgan fingerprint density at radius 1 is 1.22 bits per heavy atom. The minimum Gasteiger partial charge on any atom is -0.326 e. The molecule has 1 aromatic carbocycles. The molecule has 4 atom stereocenters. The third kappa shape index (κ3) is 1.51. The fourth-order valence-corrected chi connectivity index (χ4v) is 4.66. The lowest BCUT2D eigenvalue weighted by molar-refractivity contribution is -0.118. The van der Waals surface area contributed by atoms with Crippen LogP contribution in [0.2, 0.25) is 5.02 Å². The summed E-state index contributed by atoms with van der Waals surface area (Å²) in [5.74, 6) is 3.58. The van der Waals surface area contributed by atoms with Gasteiger partial charge in [-0.25, -0.2) is 0 Å². The average Bonchev–Trinajstić information content (AvgIpc) is 2.79. The minimum absolute atomic E-state index is 0.212. The number of hydrogen-bond donors (Lipinski definition) is 1. The summed E-state index contributed by atoms with van der Waals surface area (Å²) >= 11 is 5.92. The van der Waals surface area contributed by atoms with Crippen molar-refractivity contribution in [2.75, 3.05) is 5.32 Å². The Balaban J connectivity index is 1.47. The maximum absolute atomic E-state index is 12.3. The number of benzene rings is 1. The molecular weight excluding hydrogens is 246 g/mol. The van der Waals surface area contributed by atoms with Crippen LogP contribution >= 0.6 is 11.6 Å². The van der Waals surface area contributed by atoms with Crippen LogP contribution in [0.5, 0.6) is 0 Å². The second-order valence-electron chi connectivity index (χ2n) is 6.01. The molecule has 3 saturated carbocycles. The smallest absolute Gasteiger partial charge is 0.228 e. The van der Waals surface area contributed by atoms with Gasteiger partial charge in [-0.05, 0) is 61.1 Å². The normalized spacial score (nSPS) is 39.5. The summed E-state index contributed by atoms with van der Waals surface area (Å²) < 4.78 is 0. The van der Waals surface area contributed by atoms with Crippen molar-refractivity contribution in [1.29, 1.82) is 0 Å². The minimum atomic E-state index is 0.212. The molecule has 18 heavy (non-hydrogen) atoms. The molecule has 0 aliphatic heterocycles. The first-order valence-electron chi connectivity index (χ1n) is 6.80. The summed E-state index contributed by atoms with van der Waals surface area (Å²) in [4.78, 5) is 12.3. The molecule has 94 valence electrons. The number of hydrogen-bond acceptors (Lipinski definition) is 1. The fourth-order valence-electron chi connectivity index (χ4n) is 4.47. The molecule has 0 aromatic heterocycles. The van der Waals surface area contributed by atoms with Gasteiger partial charge in [0.05, 0.1) is 0 Å². The molecule has 0 radical (unpaired) electrons. The topological polar surface area (TPSA) is 29.1 Å². The SMILES string of the molecule is O=C(Nc1cccc(Cl)c1)C1[C@@H]2[C@H]3CC[C@@H](C3)[C@@H]12.